The second-order valence-electron chi connectivity index (χ2n) is 6.24. The van der Waals surface area contributed by atoms with Gasteiger partial charge in [0.1, 0.15) is 5.69 Å². The number of amides is 1. The van der Waals surface area contributed by atoms with Crippen molar-refractivity contribution in [1.82, 2.24) is 4.90 Å². The van der Waals surface area contributed by atoms with Crippen LogP contribution in [-0.4, -0.2) is 47.7 Å². The molecule has 1 fully saturated rings. The summed E-state index contributed by atoms with van der Waals surface area (Å²) in [4.78, 5) is 27.1. The molecule has 27 heavy (non-hydrogen) atoms. The number of hydrogen-bond donors (Lipinski definition) is 0. The van der Waals surface area contributed by atoms with E-state index >= 15 is 0 Å². The van der Waals surface area contributed by atoms with Crippen LogP contribution in [0.3, 0.4) is 0 Å². The highest BCUT2D eigenvalue weighted by molar-refractivity contribution is 7.99. The molecule has 0 bridgehead atoms. The Morgan fingerprint density at radius 2 is 1.85 bits per heavy atom. The van der Waals surface area contributed by atoms with E-state index in [9.17, 15) is 14.9 Å². The lowest BCUT2D eigenvalue weighted by Crippen LogP contribution is -2.49. The van der Waals surface area contributed by atoms with Crippen LogP contribution < -0.4 is 4.90 Å². The van der Waals surface area contributed by atoms with Crippen molar-refractivity contribution in [3.8, 4) is 0 Å². The molecule has 2 aromatic rings. The maximum absolute atomic E-state index is 12.4. The molecule has 142 valence electrons. The number of anilines is 1. The van der Waals surface area contributed by atoms with Crippen molar-refractivity contribution in [3.05, 3.63) is 69.2 Å². The molecule has 1 saturated heterocycles. The summed E-state index contributed by atoms with van der Waals surface area (Å²) in [5, 5.41) is 11.9. The quantitative estimate of drug-likeness (QED) is 0.539. The molecular weight excluding hydrogens is 386 g/mol. The lowest BCUT2D eigenvalue weighted by atomic mass is 10.2. The predicted molar refractivity (Wildman–Crippen MR) is 110 cm³/mol. The minimum absolute atomic E-state index is 0.101. The van der Waals surface area contributed by atoms with E-state index in [4.69, 9.17) is 11.6 Å². The first-order valence-electron chi connectivity index (χ1n) is 8.63. The van der Waals surface area contributed by atoms with Gasteiger partial charge in [-0.15, -0.1) is 11.8 Å². The second-order valence-corrected chi connectivity index (χ2v) is 7.66. The Hall–Kier alpha value is -2.25. The summed E-state index contributed by atoms with van der Waals surface area (Å²) in [5.41, 5.74) is 1.82. The fraction of sp³-hybridized carbons (Fsp3) is 0.316. The van der Waals surface area contributed by atoms with Crippen LogP contribution in [0, 0.1) is 10.1 Å². The van der Waals surface area contributed by atoms with Crippen LogP contribution in [0.1, 0.15) is 5.56 Å². The number of nitro groups is 1. The average molecular weight is 406 g/mol. The lowest BCUT2D eigenvalue weighted by molar-refractivity contribution is -0.384. The van der Waals surface area contributed by atoms with Crippen molar-refractivity contribution in [2.45, 2.75) is 5.75 Å². The molecule has 1 amide bonds. The Labute approximate surface area is 167 Å². The van der Waals surface area contributed by atoms with Gasteiger partial charge in [0, 0.05) is 43.0 Å². The molecule has 0 atom stereocenters. The fourth-order valence-electron chi connectivity index (χ4n) is 3.06. The van der Waals surface area contributed by atoms with Crippen LogP contribution in [0.15, 0.2) is 48.5 Å². The zero-order valence-electron chi connectivity index (χ0n) is 14.7. The van der Waals surface area contributed by atoms with E-state index in [1.807, 2.05) is 34.1 Å². The minimum Gasteiger partial charge on any atom is -0.362 e. The number of hydrogen-bond acceptors (Lipinski definition) is 5. The number of benzene rings is 2. The summed E-state index contributed by atoms with van der Waals surface area (Å²) < 4.78 is 0. The average Bonchev–Trinajstić information content (AvgIpc) is 2.68. The minimum atomic E-state index is -0.362. The van der Waals surface area contributed by atoms with E-state index in [2.05, 4.69) is 0 Å². The first-order chi connectivity index (χ1) is 13.0. The highest BCUT2D eigenvalue weighted by Gasteiger charge is 2.25. The van der Waals surface area contributed by atoms with Crippen LogP contribution in [-0.2, 0) is 10.5 Å². The Bertz CT molecular complexity index is 825. The van der Waals surface area contributed by atoms with Gasteiger partial charge in [-0.25, -0.2) is 0 Å². The second kappa shape index (κ2) is 9.10. The first kappa shape index (κ1) is 19.5. The molecule has 1 heterocycles. The van der Waals surface area contributed by atoms with Gasteiger partial charge in [-0.05, 0) is 23.8 Å². The fourth-order valence-corrected chi connectivity index (χ4v) is 4.14. The third-order valence-electron chi connectivity index (χ3n) is 4.43. The van der Waals surface area contributed by atoms with Crippen molar-refractivity contribution in [2.75, 3.05) is 36.8 Å². The number of piperazine rings is 1. The van der Waals surface area contributed by atoms with Gasteiger partial charge in [0.15, 0.2) is 0 Å². The summed E-state index contributed by atoms with van der Waals surface area (Å²) >= 11 is 7.54. The third kappa shape index (κ3) is 5.14. The monoisotopic (exact) mass is 405 g/mol. The van der Waals surface area contributed by atoms with Gasteiger partial charge in [0.05, 0.1) is 10.7 Å². The van der Waals surface area contributed by atoms with E-state index in [1.54, 1.807) is 30.0 Å². The molecule has 3 rings (SSSR count). The molecule has 0 saturated carbocycles. The molecular formula is C19H20ClN3O3S. The van der Waals surface area contributed by atoms with Crippen LogP contribution >= 0.6 is 23.4 Å². The largest absolute Gasteiger partial charge is 0.362 e. The zero-order chi connectivity index (χ0) is 19.2. The van der Waals surface area contributed by atoms with E-state index in [0.717, 1.165) is 11.3 Å². The number of thioether (sulfide) groups is 1. The number of para-hydroxylation sites is 2. The summed E-state index contributed by atoms with van der Waals surface area (Å²) in [6, 6.07) is 14.4. The third-order valence-corrected chi connectivity index (χ3v) is 5.66. The predicted octanol–water partition coefficient (Wildman–Crippen LogP) is 3.83. The summed E-state index contributed by atoms with van der Waals surface area (Å²) in [5.74, 6) is 1.25. The summed E-state index contributed by atoms with van der Waals surface area (Å²) in [7, 11) is 0. The lowest BCUT2D eigenvalue weighted by Gasteiger charge is -2.35. The Balaban J connectivity index is 1.49. The molecule has 0 unspecified atom stereocenters. The number of rotatable bonds is 6. The maximum Gasteiger partial charge on any atom is 0.292 e. The molecule has 1 aliphatic heterocycles. The van der Waals surface area contributed by atoms with Gasteiger partial charge in [-0.2, -0.15) is 0 Å². The molecule has 0 N–H and O–H groups in total. The van der Waals surface area contributed by atoms with E-state index < -0.39 is 0 Å². The highest BCUT2D eigenvalue weighted by Crippen LogP contribution is 2.28. The van der Waals surface area contributed by atoms with Crippen molar-refractivity contribution >= 4 is 40.6 Å². The van der Waals surface area contributed by atoms with Gasteiger partial charge >= 0.3 is 0 Å². The Morgan fingerprint density at radius 3 is 2.56 bits per heavy atom. The van der Waals surface area contributed by atoms with Crippen molar-refractivity contribution in [2.24, 2.45) is 0 Å². The van der Waals surface area contributed by atoms with Crippen LogP contribution in [0.2, 0.25) is 5.02 Å². The zero-order valence-corrected chi connectivity index (χ0v) is 16.3. The molecule has 0 spiro atoms. The molecule has 8 heteroatoms. The molecule has 6 nitrogen and oxygen atoms in total. The molecule has 0 radical (unpaired) electrons. The van der Waals surface area contributed by atoms with Crippen LogP contribution in [0.4, 0.5) is 11.4 Å². The van der Waals surface area contributed by atoms with Crippen molar-refractivity contribution < 1.29 is 9.72 Å². The first-order valence-corrected chi connectivity index (χ1v) is 10.2. The number of carbonyl (C=O) groups is 1. The molecule has 1 aliphatic rings. The normalized spacial score (nSPS) is 14.3. The van der Waals surface area contributed by atoms with E-state index in [1.165, 1.54) is 6.07 Å². The molecule has 0 aromatic heterocycles. The van der Waals surface area contributed by atoms with Crippen molar-refractivity contribution in [1.29, 1.82) is 0 Å². The standard InChI is InChI=1S/C19H20ClN3O3S/c20-16-5-3-4-15(12-16)13-27-14-19(24)22-10-8-21(9-11-22)17-6-1-2-7-18(17)23(25)26/h1-7,12H,8-11,13-14H2. The van der Waals surface area contributed by atoms with Gasteiger partial charge in [-0.1, -0.05) is 35.9 Å². The molecule has 2 aromatic carbocycles. The van der Waals surface area contributed by atoms with Gasteiger partial charge in [0.25, 0.3) is 5.69 Å². The van der Waals surface area contributed by atoms with Gasteiger partial charge < -0.3 is 9.80 Å². The van der Waals surface area contributed by atoms with E-state index in [0.29, 0.717) is 42.6 Å². The number of carbonyl (C=O) groups excluding carboxylic acids is 1. The highest BCUT2D eigenvalue weighted by atomic mass is 35.5. The number of halogens is 1. The Morgan fingerprint density at radius 1 is 1.11 bits per heavy atom. The number of nitrogens with zero attached hydrogens (tertiary/aromatic N) is 3. The maximum atomic E-state index is 12.4. The van der Waals surface area contributed by atoms with Gasteiger partial charge in [-0.3, -0.25) is 14.9 Å². The Kier molecular flexibility index (Phi) is 6.58. The van der Waals surface area contributed by atoms with Gasteiger partial charge in [0.2, 0.25) is 5.91 Å². The molecule has 0 aliphatic carbocycles. The smallest absolute Gasteiger partial charge is 0.292 e. The SMILES string of the molecule is O=C(CSCc1cccc(Cl)c1)N1CCN(c2ccccc2[N+](=O)[O-])CC1. The summed E-state index contributed by atoms with van der Waals surface area (Å²) in [6.45, 7) is 2.33. The topological polar surface area (TPSA) is 66.7 Å². The summed E-state index contributed by atoms with van der Waals surface area (Å²) in [6.07, 6.45) is 0. The van der Waals surface area contributed by atoms with E-state index in [-0.39, 0.29) is 16.5 Å². The van der Waals surface area contributed by atoms with Crippen molar-refractivity contribution in [3.63, 3.8) is 0 Å². The number of nitro benzene ring substituents is 1. The van der Waals surface area contributed by atoms with Crippen LogP contribution in [0.5, 0.6) is 0 Å². The van der Waals surface area contributed by atoms with Crippen LogP contribution in [0.25, 0.3) is 0 Å².